The van der Waals surface area contributed by atoms with E-state index in [2.05, 4.69) is 11.4 Å². The molecule has 0 saturated carbocycles. The van der Waals surface area contributed by atoms with Crippen LogP contribution in [0.3, 0.4) is 0 Å². The Morgan fingerprint density at radius 1 is 1.19 bits per heavy atom. The van der Waals surface area contributed by atoms with Crippen LogP contribution in [-0.2, 0) is 9.59 Å². The van der Waals surface area contributed by atoms with Crippen molar-refractivity contribution < 1.29 is 14.7 Å². The molecule has 4 nitrogen and oxygen atoms in total. The van der Waals surface area contributed by atoms with Crippen LogP contribution in [0.1, 0.15) is 42.0 Å². The number of aryl methyl sites for hydroxylation is 2. The molecular formula is C17H21NO3. The Hall–Kier alpha value is -2.10. The largest absolute Gasteiger partial charge is 0.479 e. The molecule has 1 aromatic carbocycles. The predicted molar refractivity (Wildman–Crippen MR) is 80.9 cm³/mol. The molecule has 0 aliphatic heterocycles. The van der Waals surface area contributed by atoms with E-state index in [0.717, 1.165) is 24.0 Å². The minimum Gasteiger partial charge on any atom is -0.479 e. The molecule has 2 unspecified atom stereocenters. The number of amides is 1. The van der Waals surface area contributed by atoms with Gasteiger partial charge in [0.05, 0.1) is 0 Å². The van der Waals surface area contributed by atoms with Crippen LogP contribution < -0.4 is 5.32 Å². The molecule has 4 heteroatoms. The van der Waals surface area contributed by atoms with E-state index < -0.39 is 12.0 Å². The summed E-state index contributed by atoms with van der Waals surface area (Å²) < 4.78 is 0. The van der Waals surface area contributed by atoms with Crippen molar-refractivity contribution in [3.8, 4) is 0 Å². The van der Waals surface area contributed by atoms with Gasteiger partial charge in [-0.05, 0) is 38.7 Å². The lowest BCUT2D eigenvalue weighted by atomic mass is 9.93. The number of carboxylic acid groups (broad SMARTS) is 1. The van der Waals surface area contributed by atoms with Crippen molar-refractivity contribution in [3.63, 3.8) is 0 Å². The van der Waals surface area contributed by atoms with E-state index in [1.54, 1.807) is 0 Å². The Balaban J connectivity index is 2.17. The third kappa shape index (κ3) is 3.94. The minimum absolute atomic E-state index is 0.122. The summed E-state index contributed by atoms with van der Waals surface area (Å²) in [5.41, 5.74) is 2.61. The summed E-state index contributed by atoms with van der Waals surface area (Å²) in [6, 6.07) is 4.62. The number of rotatable bonds is 4. The normalized spacial score (nSPS) is 19.0. The predicted octanol–water partition coefficient (Wildman–Crippen LogP) is 2.90. The fraction of sp³-hybridized carbons (Fsp3) is 0.412. The first-order chi connectivity index (χ1) is 9.97. The molecule has 112 valence electrons. The lowest BCUT2D eigenvalue weighted by molar-refractivity contribution is -0.142. The van der Waals surface area contributed by atoms with Crippen LogP contribution in [0.25, 0.3) is 0 Å². The number of benzene rings is 1. The van der Waals surface area contributed by atoms with Gasteiger partial charge in [-0.25, -0.2) is 4.79 Å². The Labute approximate surface area is 124 Å². The van der Waals surface area contributed by atoms with E-state index in [1.807, 2.05) is 38.1 Å². The van der Waals surface area contributed by atoms with Crippen LogP contribution in [0.15, 0.2) is 30.4 Å². The zero-order chi connectivity index (χ0) is 15.4. The highest BCUT2D eigenvalue weighted by Crippen LogP contribution is 2.22. The van der Waals surface area contributed by atoms with E-state index in [0.29, 0.717) is 12.0 Å². The average molecular weight is 287 g/mol. The highest BCUT2D eigenvalue weighted by molar-refractivity contribution is 5.86. The zero-order valence-corrected chi connectivity index (χ0v) is 12.4. The molecule has 0 radical (unpaired) electrons. The second kappa shape index (κ2) is 6.57. The second-order valence-corrected chi connectivity index (χ2v) is 5.68. The van der Waals surface area contributed by atoms with E-state index in [4.69, 9.17) is 0 Å². The van der Waals surface area contributed by atoms with Crippen LogP contribution in [0, 0.1) is 19.8 Å². The van der Waals surface area contributed by atoms with Gasteiger partial charge in [0.15, 0.2) is 6.04 Å². The second-order valence-electron chi connectivity index (χ2n) is 5.68. The molecular weight excluding hydrogens is 266 g/mol. The summed E-state index contributed by atoms with van der Waals surface area (Å²) in [6.07, 6.45) is 6.38. The van der Waals surface area contributed by atoms with Crippen molar-refractivity contribution in [2.45, 2.75) is 39.2 Å². The van der Waals surface area contributed by atoms with Gasteiger partial charge < -0.3 is 10.4 Å². The van der Waals surface area contributed by atoms with Gasteiger partial charge in [-0.3, -0.25) is 4.79 Å². The number of carboxylic acids is 1. The minimum atomic E-state index is -1.03. The van der Waals surface area contributed by atoms with Gasteiger partial charge in [0.1, 0.15) is 0 Å². The summed E-state index contributed by atoms with van der Waals surface area (Å²) in [7, 11) is 0. The van der Waals surface area contributed by atoms with Crippen LogP contribution >= 0.6 is 0 Å². The van der Waals surface area contributed by atoms with Gasteiger partial charge in [0, 0.05) is 5.92 Å². The Morgan fingerprint density at radius 3 is 2.38 bits per heavy atom. The van der Waals surface area contributed by atoms with Gasteiger partial charge in [0.25, 0.3) is 0 Å². The molecule has 0 spiro atoms. The smallest absolute Gasteiger partial charge is 0.330 e. The third-order valence-corrected chi connectivity index (χ3v) is 3.75. The number of hydrogen-bond acceptors (Lipinski definition) is 2. The molecule has 2 rings (SSSR count). The lowest BCUT2D eigenvalue weighted by Gasteiger charge is -2.21. The first-order valence-corrected chi connectivity index (χ1v) is 7.23. The van der Waals surface area contributed by atoms with Crippen LogP contribution in [0.5, 0.6) is 0 Å². The summed E-state index contributed by atoms with van der Waals surface area (Å²) >= 11 is 0. The fourth-order valence-electron chi connectivity index (χ4n) is 2.76. The number of allylic oxidation sites excluding steroid dienone is 2. The molecule has 0 aromatic heterocycles. The fourth-order valence-corrected chi connectivity index (χ4v) is 2.76. The van der Waals surface area contributed by atoms with E-state index >= 15 is 0 Å². The average Bonchev–Trinajstić information content (AvgIpc) is 2.44. The summed E-state index contributed by atoms with van der Waals surface area (Å²) in [5, 5.41) is 12.1. The highest BCUT2D eigenvalue weighted by atomic mass is 16.4. The van der Waals surface area contributed by atoms with E-state index in [1.165, 1.54) is 0 Å². The Kier molecular flexibility index (Phi) is 4.78. The van der Waals surface area contributed by atoms with Crippen molar-refractivity contribution in [3.05, 3.63) is 47.0 Å². The molecule has 1 aliphatic rings. The Morgan fingerprint density at radius 2 is 1.86 bits per heavy atom. The van der Waals surface area contributed by atoms with Crippen LogP contribution in [0.2, 0.25) is 0 Å². The van der Waals surface area contributed by atoms with Gasteiger partial charge in [-0.1, -0.05) is 41.5 Å². The quantitative estimate of drug-likeness (QED) is 0.837. The summed E-state index contributed by atoms with van der Waals surface area (Å²) in [4.78, 5) is 23.8. The maximum atomic E-state index is 12.2. The monoisotopic (exact) mass is 287 g/mol. The van der Waals surface area contributed by atoms with Crippen LogP contribution in [-0.4, -0.2) is 17.0 Å². The molecule has 0 fully saturated rings. The molecule has 2 atom stereocenters. The summed E-state index contributed by atoms with van der Waals surface area (Å²) in [5.74, 6) is -1.33. The number of hydrogen-bond donors (Lipinski definition) is 2. The zero-order valence-electron chi connectivity index (χ0n) is 12.4. The van der Waals surface area contributed by atoms with Crippen LogP contribution in [0.4, 0.5) is 0 Å². The van der Waals surface area contributed by atoms with Crippen molar-refractivity contribution in [2.75, 3.05) is 0 Å². The molecule has 0 saturated heterocycles. The molecule has 1 aliphatic carbocycles. The van der Waals surface area contributed by atoms with Gasteiger partial charge >= 0.3 is 5.97 Å². The maximum Gasteiger partial charge on any atom is 0.330 e. The molecule has 1 amide bonds. The third-order valence-electron chi connectivity index (χ3n) is 3.75. The van der Waals surface area contributed by atoms with Gasteiger partial charge in [-0.15, -0.1) is 0 Å². The van der Waals surface area contributed by atoms with E-state index in [9.17, 15) is 14.7 Å². The highest BCUT2D eigenvalue weighted by Gasteiger charge is 2.26. The standard InChI is InChI=1S/C17H21NO3/c1-11-8-12(2)10-14(9-11)15(17(20)21)18-16(19)13-6-4-3-5-7-13/h3-4,8-10,13,15H,5-7H2,1-2H3,(H,18,19)(H,20,21). The molecule has 0 heterocycles. The van der Waals surface area contributed by atoms with E-state index in [-0.39, 0.29) is 11.8 Å². The SMILES string of the molecule is Cc1cc(C)cc(C(NC(=O)C2CC=CCC2)C(=O)O)c1. The van der Waals surface area contributed by atoms with Crippen molar-refractivity contribution in [1.29, 1.82) is 0 Å². The molecule has 0 bridgehead atoms. The number of carbonyl (C=O) groups excluding carboxylic acids is 1. The van der Waals surface area contributed by atoms with Gasteiger partial charge in [-0.2, -0.15) is 0 Å². The first-order valence-electron chi connectivity index (χ1n) is 7.23. The Bertz CT molecular complexity index is 557. The lowest BCUT2D eigenvalue weighted by Crippen LogP contribution is -2.38. The topological polar surface area (TPSA) is 66.4 Å². The number of nitrogens with one attached hydrogen (secondary N) is 1. The van der Waals surface area contributed by atoms with Crippen molar-refractivity contribution >= 4 is 11.9 Å². The van der Waals surface area contributed by atoms with Gasteiger partial charge in [0.2, 0.25) is 5.91 Å². The number of aliphatic carboxylic acids is 1. The molecule has 1 aromatic rings. The first kappa shape index (κ1) is 15.3. The molecule has 21 heavy (non-hydrogen) atoms. The molecule has 2 N–H and O–H groups in total. The van der Waals surface area contributed by atoms with Crippen molar-refractivity contribution in [1.82, 2.24) is 5.32 Å². The maximum absolute atomic E-state index is 12.2. The van der Waals surface area contributed by atoms with Crippen molar-refractivity contribution in [2.24, 2.45) is 5.92 Å². The summed E-state index contributed by atoms with van der Waals surface area (Å²) in [6.45, 7) is 3.84. The number of carbonyl (C=O) groups is 2.